The molecule has 0 fully saturated rings. The van der Waals surface area contributed by atoms with E-state index < -0.39 is 10.1 Å². The van der Waals surface area contributed by atoms with E-state index in [0.29, 0.717) is 11.8 Å². The third kappa shape index (κ3) is 28.4. The Kier molecular flexibility index (Phi) is 38.3. The van der Waals surface area contributed by atoms with Gasteiger partial charge in [0.05, 0.1) is 4.90 Å². The van der Waals surface area contributed by atoms with Crippen LogP contribution in [0.3, 0.4) is 0 Å². The molecule has 0 spiro atoms. The smallest absolute Gasteiger partial charge is 0.744 e. The van der Waals surface area contributed by atoms with Crippen LogP contribution in [0.25, 0.3) is 10.8 Å². The molecular weight excluding hydrogens is 708 g/mol. The van der Waals surface area contributed by atoms with Crippen LogP contribution in [0.15, 0.2) is 35.2 Å². The Morgan fingerprint density at radius 2 is 0.745 bits per heavy atom. The number of rotatable bonds is 37. The van der Waals surface area contributed by atoms with Gasteiger partial charge in [-0.3, -0.25) is 0 Å². The van der Waals surface area contributed by atoms with Gasteiger partial charge in [0.15, 0.2) is 0 Å². The fraction of sp³-hybridized carbons (Fsp3) is 0.776. The number of fused-ring (bicyclic) bond motifs is 1. The Balaban J connectivity index is 0.00000955. The molecule has 0 saturated carbocycles. The van der Waals surface area contributed by atoms with Crippen LogP contribution < -0.4 is 29.6 Å². The first-order valence-corrected chi connectivity index (χ1v) is 24.7. The number of unbranched alkanes of at least 4 members (excludes halogenated alkanes) is 32. The van der Waals surface area contributed by atoms with Crippen molar-refractivity contribution in [1.29, 1.82) is 0 Å². The summed E-state index contributed by atoms with van der Waals surface area (Å²) in [5, 5.41) is 1.48. The van der Waals surface area contributed by atoms with E-state index in [4.69, 9.17) is 4.79 Å². The topological polar surface area (TPSA) is 74.3 Å². The minimum absolute atomic E-state index is 0. The van der Waals surface area contributed by atoms with Crippen LogP contribution in [0.2, 0.25) is 0 Å². The van der Waals surface area contributed by atoms with E-state index in [1.54, 1.807) is 0 Å². The molecule has 0 aliphatic carbocycles. The molecule has 2 aromatic carbocycles. The molecule has 312 valence electrons. The molecule has 0 aliphatic heterocycles. The van der Waals surface area contributed by atoms with E-state index in [2.05, 4.69) is 19.9 Å². The van der Waals surface area contributed by atoms with Crippen LogP contribution in [0.4, 0.5) is 0 Å². The van der Waals surface area contributed by atoms with Gasteiger partial charge in [0.1, 0.15) is 16.9 Å². The van der Waals surface area contributed by atoms with Crippen molar-refractivity contribution in [2.45, 2.75) is 250 Å². The van der Waals surface area contributed by atoms with Gasteiger partial charge in [0, 0.05) is 0 Å². The minimum Gasteiger partial charge on any atom is -0.744 e. The molecule has 2 rings (SSSR count). The summed E-state index contributed by atoms with van der Waals surface area (Å²) in [6.45, 7) is 6.57. The molecule has 4 nitrogen and oxygen atoms in total. The molecule has 0 aromatic heterocycles. The molecule has 55 heavy (non-hydrogen) atoms. The third-order valence-electron chi connectivity index (χ3n) is 11.5. The second kappa shape index (κ2) is 38.8. The summed E-state index contributed by atoms with van der Waals surface area (Å²) < 4.78 is 38.0. The maximum absolute atomic E-state index is 12.7. The standard InChI is InChI=1S/C48H84O3S.CH2O.Na/c1-3-5-7-9-11-13-15-17-19-21-23-25-27-29-31-33-35-39-44-43-45-40-37-38-42-47(45)48(52(49,50)51)46(44)41-36-34-32-30-28-26-24-22-20-18-16-14-12-10-8-6-4-2;1-2;/h37-38,40,42-43H,3-36,39,41H2,1-2H3,(H,49,50,51);1H2;/q;;+1/p-1. The summed E-state index contributed by atoms with van der Waals surface area (Å²) in [5.74, 6) is 0. The Hall–Kier alpha value is -0.720. The fourth-order valence-electron chi connectivity index (χ4n) is 8.26. The molecule has 0 heterocycles. The summed E-state index contributed by atoms with van der Waals surface area (Å²) in [5.41, 5.74) is 1.90. The molecule has 0 atom stereocenters. The molecule has 0 N–H and O–H groups in total. The van der Waals surface area contributed by atoms with E-state index in [9.17, 15) is 13.0 Å². The number of benzene rings is 2. The summed E-state index contributed by atoms with van der Waals surface area (Å²) >= 11 is 0. The van der Waals surface area contributed by atoms with Gasteiger partial charge in [0.25, 0.3) is 0 Å². The zero-order valence-electron chi connectivity index (χ0n) is 36.6. The average molecular weight is 793 g/mol. The molecule has 0 unspecified atom stereocenters. The van der Waals surface area contributed by atoms with Gasteiger partial charge >= 0.3 is 29.6 Å². The van der Waals surface area contributed by atoms with Crippen LogP contribution in [-0.4, -0.2) is 19.8 Å². The molecule has 6 heteroatoms. The van der Waals surface area contributed by atoms with Crippen LogP contribution >= 0.6 is 0 Å². The summed E-state index contributed by atoms with van der Waals surface area (Å²) in [6, 6.07) is 9.75. The number of carbonyl (C=O) groups is 1. The van der Waals surface area contributed by atoms with Gasteiger partial charge in [-0.05, 0) is 47.6 Å². The van der Waals surface area contributed by atoms with Crippen molar-refractivity contribution in [3.05, 3.63) is 41.5 Å². The summed E-state index contributed by atoms with van der Waals surface area (Å²) in [4.78, 5) is 8.06. The normalized spacial score (nSPS) is 11.4. The number of hydrogen-bond donors (Lipinski definition) is 0. The van der Waals surface area contributed by atoms with Gasteiger partial charge < -0.3 is 9.35 Å². The SMILES string of the molecule is C=O.CCCCCCCCCCCCCCCCCCCc1cc2ccccc2c(S(=O)(=O)[O-])c1CCCCCCCCCCCCCCCCCCC.[Na+]. The average Bonchev–Trinajstić information content (AvgIpc) is 3.17. The Morgan fingerprint density at radius 1 is 0.455 bits per heavy atom. The molecule has 0 bridgehead atoms. The molecule has 0 saturated heterocycles. The minimum atomic E-state index is -4.57. The van der Waals surface area contributed by atoms with E-state index in [0.717, 1.165) is 42.2 Å². The van der Waals surface area contributed by atoms with Gasteiger partial charge in [0.2, 0.25) is 0 Å². The predicted octanol–water partition coefficient (Wildman–Crippen LogP) is 13.0. The van der Waals surface area contributed by atoms with E-state index in [1.165, 1.54) is 199 Å². The molecule has 0 aliphatic rings. The summed E-state index contributed by atoms with van der Waals surface area (Å²) in [6.07, 6.45) is 47.0. The van der Waals surface area contributed by atoms with Crippen LogP contribution in [0, 0.1) is 0 Å². The number of carbonyl (C=O) groups excluding carboxylic acids is 1. The fourth-order valence-corrected chi connectivity index (χ4v) is 9.25. The summed E-state index contributed by atoms with van der Waals surface area (Å²) in [7, 11) is -4.57. The van der Waals surface area contributed by atoms with Crippen molar-refractivity contribution in [2.75, 3.05) is 0 Å². The second-order valence-electron chi connectivity index (χ2n) is 16.3. The third-order valence-corrected chi connectivity index (χ3v) is 12.5. The molecule has 0 amide bonds. The maximum atomic E-state index is 12.7. The van der Waals surface area contributed by atoms with E-state index in [-0.39, 0.29) is 34.5 Å². The molecule has 2 aromatic rings. The number of aryl methyl sites for hydroxylation is 1. The van der Waals surface area contributed by atoms with Crippen molar-refractivity contribution in [2.24, 2.45) is 0 Å². The Morgan fingerprint density at radius 3 is 1.07 bits per heavy atom. The van der Waals surface area contributed by atoms with Gasteiger partial charge in [-0.1, -0.05) is 250 Å². The monoisotopic (exact) mass is 793 g/mol. The Bertz CT molecular complexity index is 1250. The van der Waals surface area contributed by atoms with Crippen LogP contribution in [0.1, 0.15) is 243 Å². The first-order chi connectivity index (χ1) is 26.5. The first kappa shape index (κ1) is 54.3. The van der Waals surface area contributed by atoms with Crippen molar-refractivity contribution in [1.82, 2.24) is 0 Å². The van der Waals surface area contributed by atoms with Crippen LogP contribution in [0.5, 0.6) is 0 Å². The molecular formula is C49H85NaO4S. The van der Waals surface area contributed by atoms with Crippen molar-refractivity contribution < 1.29 is 47.3 Å². The van der Waals surface area contributed by atoms with Gasteiger partial charge in [-0.15, -0.1) is 0 Å². The van der Waals surface area contributed by atoms with Crippen molar-refractivity contribution in [3.8, 4) is 0 Å². The number of hydrogen-bond acceptors (Lipinski definition) is 4. The first-order valence-electron chi connectivity index (χ1n) is 23.3. The zero-order chi connectivity index (χ0) is 39.4. The molecule has 0 radical (unpaired) electrons. The van der Waals surface area contributed by atoms with Gasteiger partial charge in [-0.25, -0.2) is 8.42 Å². The van der Waals surface area contributed by atoms with Crippen LogP contribution in [-0.2, 0) is 27.8 Å². The maximum Gasteiger partial charge on any atom is 1.00 e. The Labute approximate surface area is 364 Å². The quantitative estimate of drug-likeness (QED) is 0.0388. The predicted molar refractivity (Wildman–Crippen MR) is 235 cm³/mol. The zero-order valence-corrected chi connectivity index (χ0v) is 39.4. The van der Waals surface area contributed by atoms with E-state index in [1.807, 2.05) is 31.1 Å². The van der Waals surface area contributed by atoms with Crippen molar-refractivity contribution in [3.63, 3.8) is 0 Å². The van der Waals surface area contributed by atoms with Crippen molar-refractivity contribution >= 4 is 27.7 Å². The van der Waals surface area contributed by atoms with Gasteiger partial charge in [-0.2, -0.15) is 0 Å². The van der Waals surface area contributed by atoms with E-state index >= 15 is 0 Å². The second-order valence-corrected chi connectivity index (χ2v) is 17.6. The largest absolute Gasteiger partial charge is 1.00 e.